The standard InChI is InChI=1S/C35H46ClN5O6Si/c1-35(2,3)41(34(45)46)22-25-9-10-27(36)20-26(25)21-38-32(43)29-8-7-16-40(29)33(44)30-28(31(42)24-11-14-37-15-12-24)13-17-39(30)23-47-18-19-48(4,5)6/h9-15,17,20,29H,7-8,16,18-19,21-23H2,1-6H3,(H,38,43)(H,45,46)/t29-/m0/s1. The van der Waals surface area contributed by atoms with Crippen molar-refractivity contribution in [1.29, 1.82) is 0 Å². The molecule has 11 nitrogen and oxygen atoms in total. The number of carboxylic acid groups (broad SMARTS) is 1. The van der Waals surface area contributed by atoms with E-state index in [1.165, 1.54) is 22.2 Å². The molecule has 1 atom stereocenters. The van der Waals surface area contributed by atoms with Gasteiger partial charge < -0.3 is 24.6 Å². The molecule has 0 aliphatic carbocycles. The number of aromatic nitrogens is 2. The number of ether oxygens (including phenoxy) is 1. The molecular weight excluding hydrogens is 650 g/mol. The zero-order valence-corrected chi connectivity index (χ0v) is 30.3. The van der Waals surface area contributed by atoms with Gasteiger partial charge in [0.25, 0.3) is 5.91 Å². The molecule has 48 heavy (non-hydrogen) atoms. The van der Waals surface area contributed by atoms with Gasteiger partial charge in [0.15, 0.2) is 5.78 Å². The summed E-state index contributed by atoms with van der Waals surface area (Å²) in [4.78, 5) is 60.4. The first-order chi connectivity index (χ1) is 22.6. The molecule has 1 aliphatic heterocycles. The summed E-state index contributed by atoms with van der Waals surface area (Å²) in [5, 5.41) is 13.2. The minimum atomic E-state index is -1.34. The van der Waals surface area contributed by atoms with E-state index >= 15 is 0 Å². The molecule has 4 rings (SSSR count). The van der Waals surface area contributed by atoms with Crippen LogP contribution in [0, 0.1) is 0 Å². The third-order valence-electron chi connectivity index (χ3n) is 8.39. The average molecular weight is 696 g/mol. The third kappa shape index (κ3) is 9.33. The molecule has 0 spiro atoms. The molecule has 3 aromatic rings. The van der Waals surface area contributed by atoms with Gasteiger partial charge in [-0.1, -0.05) is 37.3 Å². The van der Waals surface area contributed by atoms with Crippen LogP contribution in [0.1, 0.15) is 71.1 Å². The van der Waals surface area contributed by atoms with E-state index in [9.17, 15) is 24.3 Å². The largest absolute Gasteiger partial charge is 0.465 e. The van der Waals surface area contributed by atoms with E-state index in [1.54, 1.807) is 47.2 Å². The number of likely N-dealkylation sites (tertiary alicyclic amines) is 1. The predicted octanol–water partition coefficient (Wildman–Crippen LogP) is 6.28. The van der Waals surface area contributed by atoms with Crippen LogP contribution in [0.15, 0.2) is 55.0 Å². The van der Waals surface area contributed by atoms with Crippen molar-refractivity contribution in [2.24, 2.45) is 0 Å². The van der Waals surface area contributed by atoms with Crippen LogP contribution >= 0.6 is 11.6 Å². The average Bonchev–Trinajstić information content (AvgIpc) is 3.68. The van der Waals surface area contributed by atoms with E-state index in [2.05, 4.69) is 29.9 Å². The number of rotatable bonds is 13. The Kier molecular flexibility index (Phi) is 11.9. The number of pyridine rings is 1. The molecule has 2 N–H and O–H groups in total. The van der Waals surface area contributed by atoms with Gasteiger partial charge in [-0.3, -0.25) is 24.3 Å². The monoisotopic (exact) mass is 695 g/mol. The zero-order chi connectivity index (χ0) is 35.2. The number of halogens is 1. The Balaban J connectivity index is 1.55. The van der Waals surface area contributed by atoms with E-state index in [0.29, 0.717) is 47.7 Å². The molecule has 1 aliphatic rings. The molecule has 0 bridgehead atoms. The van der Waals surface area contributed by atoms with Crippen molar-refractivity contribution in [3.63, 3.8) is 0 Å². The summed E-state index contributed by atoms with van der Waals surface area (Å²) in [6.07, 6.45) is 4.75. The van der Waals surface area contributed by atoms with E-state index in [0.717, 1.165) is 6.04 Å². The van der Waals surface area contributed by atoms with E-state index < -0.39 is 31.7 Å². The maximum Gasteiger partial charge on any atom is 0.408 e. The molecule has 3 heterocycles. The van der Waals surface area contributed by atoms with Crippen LogP contribution < -0.4 is 5.32 Å². The smallest absolute Gasteiger partial charge is 0.408 e. The molecule has 0 unspecified atom stereocenters. The van der Waals surface area contributed by atoms with Crippen molar-refractivity contribution in [2.75, 3.05) is 13.2 Å². The minimum Gasteiger partial charge on any atom is -0.465 e. The van der Waals surface area contributed by atoms with Crippen molar-refractivity contribution in [3.8, 4) is 0 Å². The summed E-state index contributed by atoms with van der Waals surface area (Å²) in [5.41, 5.74) is 1.55. The van der Waals surface area contributed by atoms with Gasteiger partial charge in [-0.05, 0) is 81.1 Å². The Labute approximate surface area is 288 Å². The predicted molar refractivity (Wildman–Crippen MR) is 187 cm³/mol. The van der Waals surface area contributed by atoms with E-state index in [1.807, 2.05) is 20.8 Å². The van der Waals surface area contributed by atoms with Crippen LogP contribution in [0.25, 0.3) is 0 Å². The summed E-state index contributed by atoms with van der Waals surface area (Å²) in [7, 11) is -1.34. The summed E-state index contributed by atoms with van der Waals surface area (Å²) >= 11 is 6.30. The Hall–Kier alpha value is -4.00. The number of hydrogen-bond donors (Lipinski definition) is 2. The van der Waals surface area contributed by atoms with Crippen molar-refractivity contribution >= 4 is 43.4 Å². The lowest BCUT2D eigenvalue weighted by atomic mass is 10.0. The van der Waals surface area contributed by atoms with Crippen LogP contribution in [0.4, 0.5) is 4.79 Å². The van der Waals surface area contributed by atoms with Crippen molar-refractivity contribution < 1.29 is 29.0 Å². The first-order valence-electron chi connectivity index (χ1n) is 16.1. The molecule has 258 valence electrons. The number of amides is 3. The normalized spacial score (nSPS) is 15.0. The number of carbonyl (C=O) groups excluding carboxylic acids is 3. The number of ketones is 1. The highest BCUT2D eigenvalue weighted by molar-refractivity contribution is 6.76. The molecule has 1 fully saturated rings. The summed E-state index contributed by atoms with van der Waals surface area (Å²) < 4.78 is 7.62. The van der Waals surface area contributed by atoms with Crippen LogP contribution in [-0.4, -0.2) is 81.0 Å². The van der Waals surface area contributed by atoms with Crippen molar-refractivity contribution in [3.05, 3.63) is 88.0 Å². The summed E-state index contributed by atoms with van der Waals surface area (Å²) in [6, 6.07) is 10.2. The van der Waals surface area contributed by atoms with E-state index in [4.69, 9.17) is 16.3 Å². The minimum absolute atomic E-state index is 0.0952. The second-order valence-corrected chi connectivity index (χ2v) is 20.3. The molecule has 1 saturated heterocycles. The van der Waals surface area contributed by atoms with Gasteiger partial charge in [0.2, 0.25) is 5.91 Å². The molecule has 0 saturated carbocycles. The lowest BCUT2D eigenvalue weighted by Crippen LogP contribution is -2.46. The quantitative estimate of drug-likeness (QED) is 0.122. The molecule has 2 aromatic heterocycles. The summed E-state index contributed by atoms with van der Waals surface area (Å²) in [5.74, 6) is -1.08. The van der Waals surface area contributed by atoms with Gasteiger partial charge in [-0.15, -0.1) is 0 Å². The number of carbonyl (C=O) groups is 4. The second-order valence-electron chi connectivity index (χ2n) is 14.3. The fourth-order valence-electron chi connectivity index (χ4n) is 5.60. The van der Waals surface area contributed by atoms with Gasteiger partial charge in [-0.25, -0.2) is 4.79 Å². The highest BCUT2D eigenvalue weighted by atomic mass is 35.5. The van der Waals surface area contributed by atoms with Gasteiger partial charge in [0, 0.05) is 69.0 Å². The van der Waals surface area contributed by atoms with Crippen molar-refractivity contribution in [1.82, 2.24) is 24.7 Å². The first kappa shape index (κ1) is 36.8. The highest BCUT2D eigenvalue weighted by Gasteiger charge is 2.37. The maximum atomic E-state index is 14.3. The van der Waals surface area contributed by atoms with Crippen LogP contribution in [0.3, 0.4) is 0 Å². The summed E-state index contributed by atoms with van der Waals surface area (Å²) in [6.45, 7) is 13.4. The van der Waals surface area contributed by atoms with Gasteiger partial charge in [0.1, 0.15) is 18.5 Å². The third-order valence-corrected chi connectivity index (χ3v) is 10.3. The maximum absolute atomic E-state index is 14.3. The van der Waals surface area contributed by atoms with Gasteiger partial charge >= 0.3 is 6.09 Å². The van der Waals surface area contributed by atoms with Gasteiger partial charge in [0.05, 0.1) is 5.56 Å². The second kappa shape index (κ2) is 15.5. The van der Waals surface area contributed by atoms with Crippen LogP contribution in [0.2, 0.25) is 30.7 Å². The van der Waals surface area contributed by atoms with Gasteiger partial charge in [-0.2, -0.15) is 0 Å². The SMILES string of the molecule is CC(C)(C)N(Cc1ccc(Cl)cc1CNC(=O)[C@@H]1CCCN1C(=O)c1c(C(=O)c2ccncc2)ccn1COCC[Si](C)(C)C)C(=O)O. The lowest BCUT2D eigenvalue weighted by molar-refractivity contribution is -0.125. The fourth-order valence-corrected chi connectivity index (χ4v) is 6.55. The lowest BCUT2D eigenvalue weighted by Gasteiger charge is -2.33. The number of nitrogens with one attached hydrogen (secondary N) is 1. The van der Waals surface area contributed by atoms with Crippen molar-refractivity contribution in [2.45, 2.75) is 90.7 Å². The van der Waals surface area contributed by atoms with Crippen LogP contribution in [-0.2, 0) is 29.4 Å². The first-order valence-corrected chi connectivity index (χ1v) is 20.2. The molecule has 3 amide bonds. The Morgan fingerprint density at radius 1 is 1.08 bits per heavy atom. The Morgan fingerprint density at radius 2 is 1.79 bits per heavy atom. The topological polar surface area (TPSA) is 134 Å². The number of hydrogen-bond acceptors (Lipinski definition) is 6. The fraction of sp³-hybridized carbons (Fsp3) is 0.457. The molecular formula is C35H46ClN5O6Si. The number of benzene rings is 1. The molecule has 1 aromatic carbocycles. The van der Waals surface area contributed by atoms with E-state index in [-0.39, 0.29) is 42.8 Å². The molecule has 0 radical (unpaired) electrons. The molecule has 13 heteroatoms. The Morgan fingerprint density at radius 3 is 2.44 bits per heavy atom. The van der Waals surface area contributed by atoms with Crippen LogP contribution in [0.5, 0.6) is 0 Å². The highest BCUT2D eigenvalue weighted by Crippen LogP contribution is 2.26. The zero-order valence-electron chi connectivity index (χ0n) is 28.6. The number of nitrogens with zero attached hydrogens (tertiary/aromatic N) is 4. The Bertz CT molecular complexity index is 1630.